The summed E-state index contributed by atoms with van der Waals surface area (Å²) in [7, 11) is -1.10. The van der Waals surface area contributed by atoms with Crippen LogP contribution < -0.4 is 14.4 Å². The molecule has 4 aliphatic rings. The quantitative estimate of drug-likeness (QED) is 0.362. The molecule has 0 saturated heterocycles. The van der Waals surface area contributed by atoms with Crippen molar-refractivity contribution in [3.63, 3.8) is 0 Å². The molecule has 7 rings (SSSR count). The number of halogens is 1. The fourth-order valence-corrected chi connectivity index (χ4v) is 9.55. The number of rotatable bonds is 4. The Kier molecular flexibility index (Phi) is 10.1. The number of aromatic nitrogens is 1. The van der Waals surface area contributed by atoms with E-state index in [-0.39, 0.29) is 27.9 Å². The first-order chi connectivity index (χ1) is 24.9. The van der Waals surface area contributed by atoms with E-state index in [9.17, 15) is 23.1 Å². The van der Waals surface area contributed by atoms with Gasteiger partial charge in [0.2, 0.25) is 5.91 Å². The van der Waals surface area contributed by atoms with E-state index in [1.165, 1.54) is 34.4 Å². The molecule has 0 radical (unpaired) electrons. The van der Waals surface area contributed by atoms with E-state index in [1.54, 1.807) is 32.4 Å². The number of nitrogens with zero attached hydrogens (tertiary/aromatic N) is 3. The molecule has 1 spiro atoms. The molecule has 52 heavy (non-hydrogen) atoms. The lowest BCUT2D eigenvalue weighted by Crippen LogP contribution is -2.50. The van der Waals surface area contributed by atoms with Crippen molar-refractivity contribution in [1.82, 2.24) is 14.6 Å². The zero-order valence-corrected chi connectivity index (χ0v) is 31.0. The Bertz CT molecular complexity index is 1980. The predicted octanol–water partition coefficient (Wildman–Crippen LogP) is 4.75. The number of anilines is 1. The van der Waals surface area contributed by atoms with Gasteiger partial charge in [-0.3, -0.25) is 14.6 Å². The summed E-state index contributed by atoms with van der Waals surface area (Å²) in [6.07, 6.45) is 11.2. The van der Waals surface area contributed by atoms with E-state index in [0.717, 1.165) is 38.3 Å². The van der Waals surface area contributed by atoms with Gasteiger partial charge in [-0.1, -0.05) is 35.9 Å². The summed E-state index contributed by atoms with van der Waals surface area (Å²) >= 11 is 6.46. The number of fused-ring (bicyclic) bond motifs is 4. The molecule has 2 bridgehead atoms. The third kappa shape index (κ3) is 6.93. The van der Waals surface area contributed by atoms with Crippen molar-refractivity contribution in [1.29, 1.82) is 0 Å². The lowest BCUT2D eigenvalue weighted by Gasteiger charge is -2.46. The highest BCUT2D eigenvalue weighted by atomic mass is 35.5. The van der Waals surface area contributed by atoms with E-state index in [0.29, 0.717) is 55.0 Å². The van der Waals surface area contributed by atoms with Crippen LogP contribution in [0.25, 0.3) is 0 Å². The summed E-state index contributed by atoms with van der Waals surface area (Å²) in [5.41, 5.74) is 0.252. The van der Waals surface area contributed by atoms with Gasteiger partial charge in [0.05, 0.1) is 24.8 Å². The number of benzene rings is 2. The number of hydrogen-bond donors (Lipinski definition) is 2. The molecule has 2 aromatic carbocycles. The highest BCUT2D eigenvalue weighted by Crippen LogP contribution is 2.48. The number of carbonyl (C=O) groups excluding carboxylic acids is 2. The Labute approximate surface area is 310 Å². The van der Waals surface area contributed by atoms with Crippen LogP contribution >= 0.6 is 11.6 Å². The second kappa shape index (κ2) is 14.5. The second-order valence-corrected chi connectivity index (χ2v) is 16.8. The molecule has 0 unspecified atom stereocenters. The molecule has 1 saturated carbocycles. The van der Waals surface area contributed by atoms with Gasteiger partial charge in [0.1, 0.15) is 10.6 Å². The molecule has 2 aliphatic carbocycles. The van der Waals surface area contributed by atoms with Crippen LogP contribution in [0.3, 0.4) is 0 Å². The number of carbonyl (C=O) groups is 2. The fourth-order valence-electron chi connectivity index (χ4n) is 8.37. The smallest absolute Gasteiger partial charge is 0.270 e. The standard InChI is InChI=1S/C39H45ClN4O7S/c1-43-18-4-3-9-34(50-2)31-13-10-27(31)23-44-24-38(16-5-7-26-19-29(40)12-14-32(26)38)25-51-35-15-11-28(20-33(35)44)39(47,21-36(43)45)37(46)42-52(48,49)30-8-6-17-41-22-30/h3,6,8-9,11-12,14-15,17,19-20,22,27,31,34,47H,4-5,7,10,13,16,18,21,23-25H2,1-2H3,(H,42,46)/b9-3+/t27-,31+,34-,38-,39+/m0/s1. The Morgan fingerprint density at radius 1 is 1.17 bits per heavy atom. The molecule has 3 aromatic rings. The number of sulfonamides is 1. The van der Waals surface area contributed by atoms with Crippen molar-refractivity contribution in [3.05, 3.63) is 94.8 Å². The third-order valence-electron chi connectivity index (χ3n) is 11.5. The average molecular weight is 749 g/mol. The molecule has 2 N–H and O–H groups in total. The molecule has 11 nitrogen and oxygen atoms in total. The van der Waals surface area contributed by atoms with Crippen LogP contribution in [-0.4, -0.2) is 81.7 Å². The third-order valence-corrected chi connectivity index (χ3v) is 13.0. The lowest BCUT2D eigenvalue weighted by atomic mass is 9.68. The van der Waals surface area contributed by atoms with Gasteiger partial charge in [-0.2, -0.15) is 0 Å². The number of nitrogens with one attached hydrogen (secondary N) is 1. The maximum absolute atomic E-state index is 14.1. The molecule has 1 fully saturated rings. The Morgan fingerprint density at radius 3 is 2.77 bits per heavy atom. The minimum atomic E-state index is -4.44. The summed E-state index contributed by atoms with van der Waals surface area (Å²) in [6.45, 7) is 2.02. The highest BCUT2D eigenvalue weighted by molar-refractivity contribution is 7.90. The Balaban J connectivity index is 1.34. The first-order valence-corrected chi connectivity index (χ1v) is 19.7. The van der Waals surface area contributed by atoms with Gasteiger partial charge in [-0.15, -0.1) is 0 Å². The van der Waals surface area contributed by atoms with E-state index in [4.69, 9.17) is 21.1 Å². The van der Waals surface area contributed by atoms with E-state index in [1.807, 2.05) is 22.9 Å². The Morgan fingerprint density at radius 2 is 2.02 bits per heavy atom. The zero-order valence-electron chi connectivity index (χ0n) is 29.5. The molecule has 3 heterocycles. The van der Waals surface area contributed by atoms with Crippen LogP contribution in [0.1, 0.15) is 55.2 Å². The molecule has 2 amide bonds. The van der Waals surface area contributed by atoms with Gasteiger partial charge < -0.3 is 24.4 Å². The molecule has 1 aromatic heterocycles. The fraction of sp³-hybridized carbons (Fsp3) is 0.462. The highest BCUT2D eigenvalue weighted by Gasteiger charge is 2.47. The number of aryl methyl sites for hydroxylation is 1. The van der Waals surface area contributed by atoms with Crippen LogP contribution in [-0.2, 0) is 41.8 Å². The average Bonchev–Trinajstić information content (AvgIpc) is 3.27. The number of pyridine rings is 1. The van der Waals surface area contributed by atoms with Crippen LogP contribution in [0.2, 0.25) is 5.02 Å². The van der Waals surface area contributed by atoms with Crippen molar-refractivity contribution in [2.75, 3.05) is 45.3 Å². The molecule has 276 valence electrons. The van der Waals surface area contributed by atoms with Crippen molar-refractivity contribution in [3.8, 4) is 5.75 Å². The number of aliphatic hydroxyl groups is 1. The van der Waals surface area contributed by atoms with Crippen LogP contribution in [0.4, 0.5) is 5.69 Å². The van der Waals surface area contributed by atoms with Gasteiger partial charge in [0.25, 0.3) is 15.9 Å². The summed E-state index contributed by atoms with van der Waals surface area (Å²) in [5, 5.41) is 13.1. The normalized spacial score (nSPS) is 28.5. The molecular formula is C39H45ClN4O7S. The minimum absolute atomic E-state index is 0.0799. The molecular weight excluding hydrogens is 704 g/mol. The molecule has 2 aliphatic heterocycles. The maximum atomic E-state index is 14.1. The maximum Gasteiger partial charge on any atom is 0.270 e. The summed E-state index contributed by atoms with van der Waals surface area (Å²) in [4.78, 5) is 35.2. The van der Waals surface area contributed by atoms with Crippen LogP contribution in [0, 0.1) is 11.8 Å². The number of methoxy groups -OCH3 is 1. The van der Waals surface area contributed by atoms with Crippen molar-refractivity contribution < 1.29 is 32.6 Å². The van der Waals surface area contributed by atoms with E-state index in [2.05, 4.69) is 22.0 Å². The van der Waals surface area contributed by atoms with Gasteiger partial charge in [0.15, 0.2) is 5.60 Å². The topological polar surface area (TPSA) is 138 Å². The van der Waals surface area contributed by atoms with Gasteiger partial charge >= 0.3 is 0 Å². The SMILES string of the molecule is CO[C@H]1/C=C/CCN(C)C(=O)C[C@](O)(C(=O)NS(=O)(=O)c2cccnc2)c2ccc3c(c2)N(C[C@@H]2CC[C@H]21)C[C@@]1(CCCc2cc(Cl)ccc21)CO3. The van der Waals surface area contributed by atoms with Crippen LogP contribution in [0.5, 0.6) is 5.75 Å². The Hall–Kier alpha value is -3.97. The van der Waals surface area contributed by atoms with Gasteiger partial charge in [0, 0.05) is 56.6 Å². The summed E-state index contributed by atoms with van der Waals surface area (Å²) in [6, 6.07) is 13.8. The summed E-state index contributed by atoms with van der Waals surface area (Å²) < 4.78 is 41.3. The number of amides is 2. The van der Waals surface area contributed by atoms with Crippen molar-refractivity contribution in [2.45, 2.75) is 67.0 Å². The van der Waals surface area contributed by atoms with Gasteiger partial charge in [-0.25, -0.2) is 13.1 Å². The summed E-state index contributed by atoms with van der Waals surface area (Å²) in [5.74, 6) is -0.622. The lowest BCUT2D eigenvalue weighted by molar-refractivity contribution is -0.148. The monoisotopic (exact) mass is 748 g/mol. The van der Waals surface area contributed by atoms with E-state index >= 15 is 0 Å². The minimum Gasteiger partial charge on any atom is -0.490 e. The predicted molar refractivity (Wildman–Crippen MR) is 197 cm³/mol. The largest absolute Gasteiger partial charge is 0.490 e. The van der Waals surface area contributed by atoms with Crippen LogP contribution in [0.15, 0.2) is 78.0 Å². The van der Waals surface area contributed by atoms with E-state index < -0.39 is 33.9 Å². The molecule has 5 atom stereocenters. The van der Waals surface area contributed by atoms with Crippen molar-refractivity contribution in [2.24, 2.45) is 11.8 Å². The molecule has 13 heteroatoms. The number of hydrogen-bond acceptors (Lipinski definition) is 9. The zero-order chi connectivity index (χ0) is 36.7. The first-order valence-electron chi connectivity index (χ1n) is 17.9. The van der Waals surface area contributed by atoms with Crippen molar-refractivity contribution >= 4 is 39.1 Å². The first kappa shape index (κ1) is 36.4. The number of ether oxygens (including phenoxy) is 2. The van der Waals surface area contributed by atoms with Gasteiger partial charge in [-0.05, 0) is 103 Å². The second-order valence-electron chi connectivity index (χ2n) is 14.7.